The van der Waals surface area contributed by atoms with Crippen molar-refractivity contribution < 1.29 is 17.9 Å². The molecule has 1 saturated heterocycles. The molecule has 24 heavy (non-hydrogen) atoms. The average molecular weight is 349 g/mol. The summed E-state index contributed by atoms with van der Waals surface area (Å²) >= 11 is 0. The standard InChI is InChI=1S/C18H23NO4S/c1-13-3-8-17(9-4-13)24(21,22)19-12-11-15-5-6-16(23-14(2)20)7-10-18(15)19/h3-4,7-10,15-16,18H,5-6,11-12H2,1-2H3. The van der Waals surface area contributed by atoms with Gasteiger partial charge in [-0.2, -0.15) is 4.31 Å². The summed E-state index contributed by atoms with van der Waals surface area (Å²) in [5, 5.41) is 0. The van der Waals surface area contributed by atoms with Crippen molar-refractivity contribution in [2.24, 2.45) is 5.92 Å². The fraction of sp³-hybridized carbons (Fsp3) is 0.500. The maximum Gasteiger partial charge on any atom is 0.303 e. The Morgan fingerprint density at radius 1 is 1.12 bits per heavy atom. The molecular formula is C18H23NO4S. The van der Waals surface area contributed by atoms with Gasteiger partial charge in [0, 0.05) is 19.5 Å². The highest BCUT2D eigenvalue weighted by molar-refractivity contribution is 7.89. The number of carbonyl (C=O) groups excluding carboxylic acids is 1. The average Bonchev–Trinajstić information content (AvgIpc) is 2.84. The van der Waals surface area contributed by atoms with Crippen LogP contribution in [-0.4, -0.2) is 37.4 Å². The van der Waals surface area contributed by atoms with Crippen molar-refractivity contribution in [2.45, 2.75) is 50.2 Å². The van der Waals surface area contributed by atoms with Crippen LogP contribution in [0, 0.1) is 12.8 Å². The minimum atomic E-state index is -3.51. The van der Waals surface area contributed by atoms with Gasteiger partial charge >= 0.3 is 5.97 Å². The van der Waals surface area contributed by atoms with E-state index in [-0.39, 0.29) is 24.0 Å². The molecule has 1 aliphatic heterocycles. The molecule has 2 aliphatic rings. The molecule has 5 nitrogen and oxygen atoms in total. The van der Waals surface area contributed by atoms with E-state index in [2.05, 4.69) is 0 Å². The number of aryl methyl sites for hydroxylation is 1. The van der Waals surface area contributed by atoms with Crippen LogP contribution >= 0.6 is 0 Å². The topological polar surface area (TPSA) is 63.7 Å². The van der Waals surface area contributed by atoms with E-state index in [0.29, 0.717) is 11.4 Å². The summed E-state index contributed by atoms with van der Waals surface area (Å²) in [6, 6.07) is 6.82. The molecule has 130 valence electrons. The number of hydrogen-bond acceptors (Lipinski definition) is 4. The van der Waals surface area contributed by atoms with Crippen molar-refractivity contribution >= 4 is 16.0 Å². The maximum atomic E-state index is 13.0. The summed E-state index contributed by atoms with van der Waals surface area (Å²) in [6.45, 7) is 3.87. The van der Waals surface area contributed by atoms with Crippen LogP contribution in [0.25, 0.3) is 0 Å². The van der Waals surface area contributed by atoms with Crippen LogP contribution in [-0.2, 0) is 19.6 Å². The molecule has 0 spiro atoms. The Morgan fingerprint density at radius 3 is 2.50 bits per heavy atom. The number of fused-ring (bicyclic) bond motifs is 1. The maximum absolute atomic E-state index is 13.0. The smallest absolute Gasteiger partial charge is 0.303 e. The lowest BCUT2D eigenvalue weighted by molar-refractivity contribution is -0.144. The molecular weight excluding hydrogens is 326 g/mol. The number of carbonyl (C=O) groups is 1. The third kappa shape index (κ3) is 3.39. The van der Waals surface area contributed by atoms with Crippen molar-refractivity contribution in [1.82, 2.24) is 4.31 Å². The highest BCUT2D eigenvalue weighted by Gasteiger charge is 2.41. The molecule has 0 amide bonds. The number of sulfonamides is 1. The van der Waals surface area contributed by atoms with Gasteiger partial charge in [-0.15, -0.1) is 0 Å². The number of nitrogens with zero attached hydrogens (tertiary/aromatic N) is 1. The lowest BCUT2D eigenvalue weighted by atomic mass is 9.97. The van der Waals surface area contributed by atoms with E-state index in [1.54, 1.807) is 16.4 Å². The molecule has 0 bridgehead atoms. The minimum absolute atomic E-state index is 0.156. The first-order valence-electron chi connectivity index (χ1n) is 8.32. The SMILES string of the molecule is CC(=O)OC1C=CC2C(CC1)CCN2S(=O)(=O)c1ccc(C)cc1. The molecule has 6 heteroatoms. The molecule has 0 aromatic heterocycles. The van der Waals surface area contributed by atoms with Crippen molar-refractivity contribution in [3.63, 3.8) is 0 Å². The Bertz CT molecular complexity index is 739. The predicted octanol–water partition coefficient (Wildman–Crippen LogP) is 2.66. The Balaban J connectivity index is 1.84. The van der Waals surface area contributed by atoms with E-state index < -0.39 is 10.0 Å². The predicted molar refractivity (Wildman–Crippen MR) is 90.9 cm³/mol. The summed E-state index contributed by atoms with van der Waals surface area (Å²) in [6.07, 6.45) is 5.94. The Morgan fingerprint density at radius 2 is 1.83 bits per heavy atom. The first-order valence-corrected chi connectivity index (χ1v) is 9.76. The summed E-state index contributed by atoms with van der Waals surface area (Å²) in [5.41, 5.74) is 1.03. The third-order valence-electron chi connectivity index (χ3n) is 4.83. The van der Waals surface area contributed by atoms with Crippen molar-refractivity contribution in [3.05, 3.63) is 42.0 Å². The van der Waals surface area contributed by atoms with Gasteiger partial charge in [0.1, 0.15) is 6.10 Å². The summed E-state index contributed by atoms with van der Waals surface area (Å²) in [5.74, 6) is -0.0251. The molecule has 3 unspecified atom stereocenters. The van der Waals surface area contributed by atoms with E-state index >= 15 is 0 Å². The van der Waals surface area contributed by atoms with E-state index in [9.17, 15) is 13.2 Å². The van der Waals surface area contributed by atoms with Gasteiger partial charge in [-0.05, 0) is 50.3 Å². The van der Waals surface area contributed by atoms with Crippen LogP contribution < -0.4 is 0 Å². The molecule has 1 fully saturated rings. The molecule has 3 rings (SSSR count). The Kier molecular flexibility index (Phi) is 4.78. The summed E-state index contributed by atoms with van der Waals surface area (Å²) in [4.78, 5) is 11.5. The van der Waals surface area contributed by atoms with Crippen molar-refractivity contribution in [1.29, 1.82) is 0 Å². The Hall–Kier alpha value is -1.66. The fourth-order valence-electron chi connectivity index (χ4n) is 3.57. The lowest BCUT2D eigenvalue weighted by Gasteiger charge is -2.24. The van der Waals surface area contributed by atoms with Gasteiger partial charge < -0.3 is 4.74 Å². The summed E-state index contributed by atoms with van der Waals surface area (Å²) < 4.78 is 32.8. The molecule has 3 atom stereocenters. The number of ether oxygens (including phenoxy) is 1. The van der Waals surface area contributed by atoms with E-state index in [4.69, 9.17) is 4.74 Å². The van der Waals surface area contributed by atoms with E-state index in [0.717, 1.165) is 24.8 Å². The van der Waals surface area contributed by atoms with Gasteiger partial charge in [0.25, 0.3) is 0 Å². The highest BCUT2D eigenvalue weighted by Crippen LogP contribution is 2.36. The molecule has 0 saturated carbocycles. The molecule has 0 N–H and O–H groups in total. The van der Waals surface area contributed by atoms with Crippen LogP contribution in [0.3, 0.4) is 0 Å². The van der Waals surface area contributed by atoms with Gasteiger partial charge in [-0.25, -0.2) is 8.42 Å². The van der Waals surface area contributed by atoms with Gasteiger partial charge in [0.05, 0.1) is 4.90 Å². The monoisotopic (exact) mass is 349 g/mol. The quantitative estimate of drug-likeness (QED) is 0.622. The largest absolute Gasteiger partial charge is 0.458 e. The van der Waals surface area contributed by atoms with Crippen molar-refractivity contribution in [2.75, 3.05) is 6.54 Å². The van der Waals surface area contributed by atoms with E-state index in [1.165, 1.54) is 6.92 Å². The molecule has 1 aliphatic carbocycles. The fourth-order valence-corrected chi connectivity index (χ4v) is 5.23. The van der Waals surface area contributed by atoms with Gasteiger partial charge in [0.2, 0.25) is 10.0 Å². The zero-order chi connectivity index (χ0) is 17.3. The number of rotatable bonds is 3. The first kappa shape index (κ1) is 17.2. The first-order chi connectivity index (χ1) is 11.4. The number of benzene rings is 1. The Labute approximate surface area is 143 Å². The van der Waals surface area contributed by atoms with Crippen LogP contribution in [0.15, 0.2) is 41.3 Å². The van der Waals surface area contributed by atoms with Crippen LogP contribution in [0.5, 0.6) is 0 Å². The van der Waals surface area contributed by atoms with Crippen molar-refractivity contribution in [3.8, 4) is 0 Å². The number of esters is 1. The molecule has 1 heterocycles. The summed E-state index contributed by atoms with van der Waals surface area (Å²) in [7, 11) is -3.51. The lowest BCUT2D eigenvalue weighted by Crippen LogP contribution is -2.36. The molecule has 0 radical (unpaired) electrons. The number of hydrogen-bond donors (Lipinski definition) is 0. The normalized spacial score (nSPS) is 27.5. The minimum Gasteiger partial charge on any atom is -0.458 e. The van der Waals surface area contributed by atoms with Crippen LogP contribution in [0.1, 0.15) is 31.7 Å². The third-order valence-corrected chi connectivity index (χ3v) is 6.74. The van der Waals surface area contributed by atoms with Gasteiger partial charge in [-0.1, -0.05) is 23.8 Å². The van der Waals surface area contributed by atoms with Crippen LogP contribution in [0.2, 0.25) is 0 Å². The van der Waals surface area contributed by atoms with Crippen LogP contribution in [0.4, 0.5) is 0 Å². The second kappa shape index (κ2) is 6.69. The molecule has 1 aromatic carbocycles. The zero-order valence-corrected chi connectivity index (χ0v) is 14.8. The molecule has 1 aromatic rings. The second-order valence-electron chi connectivity index (χ2n) is 6.58. The van der Waals surface area contributed by atoms with Gasteiger partial charge in [0.15, 0.2) is 0 Å². The van der Waals surface area contributed by atoms with Gasteiger partial charge in [-0.3, -0.25) is 4.79 Å². The zero-order valence-electron chi connectivity index (χ0n) is 14.0. The second-order valence-corrected chi connectivity index (χ2v) is 8.47. The van der Waals surface area contributed by atoms with E-state index in [1.807, 2.05) is 31.2 Å². The highest BCUT2D eigenvalue weighted by atomic mass is 32.2.